The lowest BCUT2D eigenvalue weighted by Gasteiger charge is -2.09. The van der Waals surface area contributed by atoms with Gasteiger partial charge in [-0.1, -0.05) is 12.1 Å². The summed E-state index contributed by atoms with van der Waals surface area (Å²) in [6.45, 7) is -0.0507. The van der Waals surface area contributed by atoms with Crippen molar-refractivity contribution in [1.82, 2.24) is 0 Å². The second-order valence-electron chi connectivity index (χ2n) is 3.77. The maximum atomic E-state index is 9.04. The third kappa shape index (κ3) is 2.59. The van der Waals surface area contributed by atoms with Crippen LogP contribution >= 0.6 is 0 Å². The average molecular weight is 240 g/mol. The Morgan fingerprint density at radius 1 is 1.22 bits per heavy atom. The van der Waals surface area contributed by atoms with Crippen LogP contribution in [-0.4, -0.2) is 5.11 Å². The highest BCUT2D eigenvalue weighted by molar-refractivity contribution is 5.57. The molecule has 0 heterocycles. The van der Waals surface area contributed by atoms with E-state index >= 15 is 0 Å². The van der Waals surface area contributed by atoms with Gasteiger partial charge in [-0.2, -0.15) is 5.26 Å². The summed E-state index contributed by atoms with van der Waals surface area (Å²) in [5, 5.41) is 17.9. The Hall–Kier alpha value is -2.51. The molecule has 2 aromatic rings. The number of hydrogen-bond acceptors (Lipinski definition) is 4. The first kappa shape index (κ1) is 12.0. The molecule has 4 heteroatoms. The molecule has 0 saturated carbocycles. The van der Waals surface area contributed by atoms with E-state index in [0.29, 0.717) is 22.7 Å². The first-order valence-corrected chi connectivity index (χ1v) is 5.40. The van der Waals surface area contributed by atoms with Crippen molar-refractivity contribution in [3.63, 3.8) is 0 Å². The number of nitrogen functional groups attached to an aromatic ring is 1. The number of nitrogens with zero attached hydrogens (tertiary/aromatic N) is 1. The van der Waals surface area contributed by atoms with Gasteiger partial charge in [0.15, 0.2) is 5.75 Å². The largest absolute Gasteiger partial charge is 0.455 e. The summed E-state index contributed by atoms with van der Waals surface area (Å²) < 4.78 is 5.61. The normalized spacial score (nSPS) is 9.78. The smallest absolute Gasteiger partial charge is 0.151 e. The maximum absolute atomic E-state index is 9.04. The van der Waals surface area contributed by atoms with E-state index in [0.717, 1.165) is 5.56 Å². The van der Waals surface area contributed by atoms with Gasteiger partial charge in [0.1, 0.15) is 5.75 Å². The summed E-state index contributed by atoms with van der Waals surface area (Å²) in [5.74, 6) is 1.01. The van der Waals surface area contributed by atoms with Crippen LogP contribution in [0.15, 0.2) is 42.5 Å². The number of rotatable bonds is 3. The zero-order valence-corrected chi connectivity index (χ0v) is 9.63. The van der Waals surface area contributed by atoms with Gasteiger partial charge in [-0.15, -0.1) is 0 Å². The van der Waals surface area contributed by atoms with Crippen molar-refractivity contribution in [3.05, 3.63) is 53.6 Å². The highest BCUT2D eigenvalue weighted by Gasteiger charge is 2.04. The predicted molar refractivity (Wildman–Crippen MR) is 68.0 cm³/mol. The standard InChI is InChI=1S/C14H12N2O2/c15-8-10-4-5-13(16)14(7-10)18-12-3-1-2-11(6-12)9-17/h1-7,17H,9,16H2. The summed E-state index contributed by atoms with van der Waals surface area (Å²) in [4.78, 5) is 0. The number of ether oxygens (including phenoxy) is 1. The summed E-state index contributed by atoms with van der Waals surface area (Å²) in [5.41, 5.74) is 7.48. The molecule has 2 rings (SSSR count). The molecule has 90 valence electrons. The summed E-state index contributed by atoms with van der Waals surface area (Å²) in [6.07, 6.45) is 0. The molecule has 2 aromatic carbocycles. The highest BCUT2D eigenvalue weighted by Crippen LogP contribution is 2.28. The molecule has 0 aliphatic heterocycles. The minimum absolute atomic E-state index is 0.0507. The van der Waals surface area contributed by atoms with Crippen LogP contribution in [0.5, 0.6) is 11.5 Å². The topological polar surface area (TPSA) is 79.3 Å². The van der Waals surface area contributed by atoms with Crippen molar-refractivity contribution >= 4 is 5.69 Å². The van der Waals surface area contributed by atoms with E-state index in [2.05, 4.69) is 0 Å². The van der Waals surface area contributed by atoms with E-state index in [9.17, 15) is 0 Å². The number of nitrogens with two attached hydrogens (primary N) is 1. The zero-order chi connectivity index (χ0) is 13.0. The monoisotopic (exact) mass is 240 g/mol. The van der Waals surface area contributed by atoms with Crippen LogP contribution in [0.25, 0.3) is 0 Å². The Morgan fingerprint density at radius 2 is 2.06 bits per heavy atom. The molecule has 0 unspecified atom stereocenters. The van der Waals surface area contributed by atoms with Crippen LogP contribution in [0.3, 0.4) is 0 Å². The lowest BCUT2D eigenvalue weighted by atomic mass is 10.2. The van der Waals surface area contributed by atoms with Gasteiger partial charge in [0, 0.05) is 6.07 Å². The number of aliphatic hydroxyl groups excluding tert-OH is 1. The van der Waals surface area contributed by atoms with E-state index in [-0.39, 0.29) is 6.61 Å². The van der Waals surface area contributed by atoms with E-state index in [1.807, 2.05) is 6.07 Å². The number of nitriles is 1. The van der Waals surface area contributed by atoms with E-state index < -0.39 is 0 Å². The van der Waals surface area contributed by atoms with E-state index in [1.165, 1.54) is 0 Å². The molecule has 18 heavy (non-hydrogen) atoms. The molecular weight excluding hydrogens is 228 g/mol. The fourth-order valence-electron chi connectivity index (χ4n) is 1.53. The SMILES string of the molecule is N#Cc1ccc(N)c(Oc2cccc(CO)c2)c1. The van der Waals surface area contributed by atoms with E-state index in [4.69, 9.17) is 20.8 Å². The summed E-state index contributed by atoms with van der Waals surface area (Å²) in [7, 11) is 0. The van der Waals surface area contributed by atoms with Crippen molar-refractivity contribution in [2.24, 2.45) is 0 Å². The molecule has 0 spiro atoms. The van der Waals surface area contributed by atoms with Crippen LogP contribution in [0.4, 0.5) is 5.69 Å². The van der Waals surface area contributed by atoms with Crippen LogP contribution in [-0.2, 0) is 6.61 Å². The number of aliphatic hydroxyl groups is 1. The van der Waals surface area contributed by atoms with Crippen LogP contribution in [0, 0.1) is 11.3 Å². The quantitative estimate of drug-likeness (QED) is 0.807. The Kier molecular flexibility index (Phi) is 3.46. The van der Waals surface area contributed by atoms with Crippen molar-refractivity contribution < 1.29 is 9.84 Å². The Balaban J connectivity index is 2.30. The molecule has 4 nitrogen and oxygen atoms in total. The van der Waals surface area contributed by atoms with Gasteiger partial charge < -0.3 is 15.6 Å². The molecule has 3 N–H and O–H groups in total. The third-order valence-electron chi connectivity index (χ3n) is 2.45. The average Bonchev–Trinajstić information content (AvgIpc) is 2.41. The van der Waals surface area contributed by atoms with Crippen molar-refractivity contribution in [3.8, 4) is 17.6 Å². The van der Waals surface area contributed by atoms with Gasteiger partial charge in [-0.3, -0.25) is 0 Å². The molecule has 0 saturated heterocycles. The van der Waals surface area contributed by atoms with Crippen molar-refractivity contribution in [2.75, 3.05) is 5.73 Å². The minimum Gasteiger partial charge on any atom is -0.455 e. The van der Waals surface area contributed by atoms with Gasteiger partial charge >= 0.3 is 0 Å². The maximum Gasteiger partial charge on any atom is 0.151 e. The van der Waals surface area contributed by atoms with Gasteiger partial charge in [-0.25, -0.2) is 0 Å². The molecule has 0 aliphatic rings. The van der Waals surface area contributed by atoms with Crippen LogP contribution in [0.2, 0.25) is 0 Å². The Morgan fingerprint density at radius 3 is 2.78 bits per heavy atom. The molecule has 0 atom stereocenters. The first-order valence-electron chi connectivity index (χ1n) is 5.40. The zero-order valence-electron chi connectivity index (χ0n) is 9.63. The molecule has 0 fully saturated rings. The highest BCUT2D eigenvalue weighted by atomic mass is 16.5. The van der Waals surface area contributed by atoms with Crippen molar-refractivity contribution in [1.29, 1.82) is 5.26 Å². The van der Waals surface area contributed by atoms with Gasteiger partial charge in [0.2, 0.25) is 0 Å². The van der Waals surface area contributed by atoms with Crippen LogP contribution < -0.4 is 10.5 Å². The predicted octanol–water partition coefficient (Wildman–Crippen LogP) is 2.43. The van der Waals surface area contributed by atoms with E-state index in [1.54, 1.807) is 42.5 Å². The first-order chi connectivity index (χ1) is 8.72. The van der Waals surface area contributed by atoms with Crippen molar-refractivity contribution in [2.45, 2.75) is 6.61 Å². The van der Waals surface area contributed by atoms with Crippen LogP contribution in [0.1, 0.15) is 11.1 Å². The fraction of sp³-hybridized carbons (Fsp3) is 0.0714. The van der Waals surface area contributed by atoms with Gasteiger partial charge in [-0.05, 0) is 29.8 Å². The number of hydrogen-bond donors (Lipinski definition) is 2. The Labute approximate surface area is 105 Å². The second-order valence-corrected chi connectivity index (χ2v) is 3.77. The van der Waals surface area contributed by atoms with Gasteiger partial charge in [0.25, 0.3) is 0 Å². The molecule has 0 radical (unpaired) electrons. The second kappa shape index (κ2) is 5.21. The summed E-state index contributed by atoms with van der Waals surface area (Å²) in [6, 6.07) is 13.9. The Bertz CT molecular complexity index is 603. The minimum atomic E-state index is -0.0507. The lowest BCUT2D eigenvalue weighted by molar-refractivity contribution is 0.281. The molecule has 0 amide bonds. The number of anilines is 1. The fourth-order valence-corrected chi connectivity index (χ4v) is 1.53. The lowest BCUT2D eigenvalue weighted by Crippen LogP contribution is -1.93. The molecular formula is C14H12N2O2. The molecule has 0 aliphatic carbocycles. The number of benzene rings is 2. The third-order valence-corrected chi connectivity index (χ3v) is 2.45. The van der Waals surface area contributed by atoms with Gasteiger partial charge in [0.05, 0.1) is 23.9 Å². The molecule has 0 bridgehead atoms. The summed E-state index contributed by atoms with van der Waals surface area (Å²) >= 11 is 0. The molecule has 0 aromatic heterocycles.